The maximum Gasteiger partial charge on any atom is 0.322 e. The van der Waals surface area contributed by atoms with Gasteiger partial charge in [0.15, 0.2) is 0 Å². The number of aromatic nitrogens is 2. The van der Waals surface area contributed by atoms with Crippen molar-refractivity contribution in [3.8, 4) is 0 Å². The number of nitrogens with zero attached hydrogens (tertiary/aromatic N) is 2. The minimum atomic E-state index is -0.269. The molecular weight excluding hydrogens is 230 g/mol. The van der Waals surface area contributed by atoms with E-state index in [1.165, 1.54) is 12.8 Å². The van der Waals surface area contributed by atoms with Crippen molar-refractivity contribution in [2.24, 2.45) is 0 Å². The highest BCUT2D eigenvalue weighted by atomic mass is 16.5. The van der Waals surface area contributed by atoms with Crippen molar-refractivity contribution in [2.45, 2.75) is 45.7 Å². The van der Waals surface area contributed by atoms with Crippen LogP contribution in [0.2, 0.25) is 0 Å². The van der Waals surface area contributed by atoms with Crippen LogP contribution in [0.3, 0.4) is 0 Å². The minimum absolute atomic E-state index is 0.224. The summed E-state index contributed by atoms with van der Waals surface area (Å²) in [5, 5.41) is 7.49. The number of hydrogen-bond acceptors (Lipinski definition) is 4. The Morgan fingerprint density at radius 3 is 2.72 bits per heavy atom. The lowest BCUT2D eigenvalue weighted by atomic mass is 10.2. The normalized spacial score (nSPS) is 12.4. The van der Waals surface area contributed by atoms with Gasteiger partial charge in [0.05, 0.1) is 12.8 Å². The number of aryl methyl sites for hydroxylation is 3. The second-order valence-electron chi connectivity index (χ2n) is 4.21. The average Bonchev–Trinajstić information content (AvgIpc) is 2.81. The number of ether oxygens (including phenoxy) is 1. The Labute approximate surface area is 109 Å². The molecule has 1 aromatic heterocycles. The molecule has 1 heterocycles. The average molecular weight is 253 g/mol. The van der Waals surface area contributed by atoms with Crippen LogP contribution >= 0.6 is 0 Å². The molecule has 1 rings (SSSR count). The first-order valence-electron chi connectivity index (χ1n) is 6.46. The molecule has 0 bridgehead atoms. The molecule has 0 amide bonds. The standard InChI is InChI=1S/C13H23N3O2/c1-5-10-9-11(6-2)16(15-10)8-7-12(14-3)13(17)18-4/h9,12,14H,5-8H2,1-4H3. The molecule has 1 aromatic rings. The fourth-order valence-electron chi connectivity index (χ4n) is 1.94. The molecule has 0 aliphatic heterocycles. The van der Waals surface area contributed by atoms with E-state index >= 15 is 0 Å². The summed E-state index contributed by atoms with van der Waals surface area (Å²) in [6, 6.07) is 1.86. The second-order valence-corrected chi connectivity index (χ2v) is 4.21. The Hall–Kier alpha value is -1.36. The lowest BCUT2D eigenvalue weighted by molar-refractivity contribution is -0.143. The van der Waals surface area contributed by atoms with E-state index in [2.05, 4.69) is 30.3 Å². The Balaban J connectivity index is 2.66. The van der Waals surface area contributed by atoms with E-state index in [4.69, 9.17) is 4.74 Å². The van der Waals surface area contributed by atoms with Crippen molar-refractivity contribution in [3.63, 3.8) is 0 Å². The summed E-state index contributed by atoms with van der Waals surface area (Å²) >= 11 is 0. The van der Waals surface area contributed by atoms with Gasteiger partial charge < -0.3 is 10.1 Å². The van der Waals surface area contributed by atoms with Crippen molar-refractivity contribution in [1.29, 1.82) is 0 Å². The van der Waals surface area contributed by atoms with Crippen molar-refractivity contribution in [1.82, 2.24) is 15.1 Å². The molecule has 0 saturated heterocycles. The van der Waals surface area contributed by atoms with Gasteiger partial charge in [-0.3, -0.25) is 9.48 Å². The number of hydrogen-bond donors (Lipinski definition) is 1. The third kappa shape index (κ3) is 3.57. The van der Waals surface area contributed by atoms with Gasteiger partial charge in [0.2, 0.25) is 0 Å². The first-order valence-corrected chi connectivity index (χ1v) is 6.46. The van der Waals surface area contributed by atoms with Crippen LogP contribution in [0.1, 0.15) is 31.7 Å². The smallest absolute Gasteiger partial charge is 0.322 e. The molecule has 0 radical (unpaired) electrons. The van der Waals surface area contributed by atoms with Crippen LogP contribution < -0.4 is 5.32 Å². The van der Waals surface area contributed by atoms with Crippen LogP contribution in [-0.4, -0.2) is 35.9 Å². The van der Waals surface area contributed by atoms with Gasteiger partial charge in [0.1, 0.15) is 6.04 Å². The van der Waals surface area contributed by atoms with E-state index < -0.39 is 0 Å². The molecule has 0 spiro atoms. The van der Waals surface area contributed by atoms with E-state index in [1.807, 2.05) is 4.68 Å². The predicted molar refractivity (Wildman–Crippen MR) is 70.5 cm³/mol. The van der Waals surface area contributed by atoms with Gasteiger partial charge in [-0.2, -0.15) is 5.10 Å². The van der Waals surface area contributed by atoms with Gasteiger partial charge in [-0.05, 0) is 32.4 Å². The number of likely N-dealkylation sites (N-methyl/N-ethyl adjacent to an activating group) is 1. The molecule has 1 atom stereocenters. The van der Waals surface area contributed by atoms with E-state index in [9.17, 15) is 4.79 Å². The van der Waals surface area contributed by atoms with Gasteiger partial charge >= 0.3 is 5.97 Å². The fourth-order valence-corrected chi connectivity index (χ4v) is 1.94. The summed E-state index contributed by atoms with van der Waals surface area (Å²) in [6.07, 6.45) is 2.57. The quantitative estimate of drug-likeness (QED) is 0.741. The summed E-state index contributed by atoms with van der Waals surface area (Å²) in [4.78, 5) is 11.5. The van der Waals surface area contributed by atoms with Crippen LogP contribution in [-0.2, 0) is 28.9 Å². The van der Waals surface area contributed by atoms with Crippen LogP contribution in [0.15, 0.2) is 6.07 Å². The monoisotopic (exact) mass is 253 g/mol. The summed E-state index contributed by atoms with van der Waals surface area (Å²) in [7, 11) is 3.18. The van der Waals surface area contributed by atoms with E-state index in [0.29, 0.717) is 6.42 Å². The molecule has 1 N–H and O–H groups in total. The van der Waals surface area contributed by atoms with Crippen molar-refractivity contribution >= 4 is 5.97 Å². The first kappa shape index (κ1) is 14.7. The number of methoxy groups -OCH3 is 1. The Bertz CT molecular complexity index is 388. The number of carbonyl (C=O) groups excluding carboxylic acids is 1. The van der Waals surface area contributed by atoms with Crippen LogP contribution in [0.4, 0.5) is 0 Å². The summed E-state index contributed by atoms with van der Waals surface area (Å²) in [5.41, 5.74) is 2.32. The number of esters is 1. The summed E-state index contributed by atoms with van der Waals surface area (Å²) in [6.45, 7) is 4.93. The number of carbonyl (C=O) groups is 1. The van der Waals surface area contributed by atoms with Crippen molar-refractivity contribution < 1.29 is 9.53 Å². The molecule has 0 aliphatic carbocycles. The van der Waals surface area contributed by atoms with Gasteiger partial charge in [-0.25, -0.2) is 0 Å². The summed E-state index contributed by atoms with van der Waals surface area (Å²) < 4.78 is 6.74. The second kappa shape index (κ2) is 7.16. The maximum absolute atomic E-state index is 11.5. The Morgan fingerprint density at radius 1 is 1.50 bits per heavy atom. The minimum Gasteiger partial charge on any atom is -0.468 e. The van der Waals surface area contributed by atoms with Gasteiger partial charge in [-0.1, -0.05) is 13.8 Å². The highest BCUT2D eigenvalue weighted by molar-refractivity contribution is 5.75. The van der Waals surface area contributed by atoms with Crippen molar-refractivity contribution in [3.05, 3.63) is 17.5 Å². The third-order valence-corrected chi connectivity index (χ3v) is 3.10. The zero-order valence-electron chi connectivity index (χ0n) is 11.7. The molecule has 5 heteroatoms. The lowest BCUT2D eigenvalue weighted by Crippen LogP contribution is -2.36. The zero-order valence-corrected chi connectivity index (χ0v) is 11.7. The lowest BCUT2D eigenvalue weighted by Gasteiger charge is -2.14. The van der Waals surface area contributed by atoms with Crippen LogP contribution in [0.25, 0.3) is 0 Å². The van der Waals surface area contributed by atoms with Crippen LogP contribution in [0, 0.1) is 0 Å². The topological polar surface area (TPSA) is 56.2 Å². The highest BCUT2D eigenvalue weighted by Crippen LogP contribution is 2.08. The van der Waals surface area contributed by atoms with Gasteiger partial charge in [-0.15, -0.1) is 0 Å². The maximum atomic E-state index is 11.5. The molecule has 0 saturated carbocycles. The van der Waals surface area contributed by atoms with Gasteiger partial charge in [0, 0.05) is 12.2 Å². The molecular formula is C13H23N3O2. The largest absolute Gasteiger partial charge is 0.468 e. The Morgan fingerprint density at radius 2 is 2.22 bits per heavy atom. The van der Waals surface area contributed by atoms with Gasteiger partial charge in [0.25, 0.3) is 0 Å². The molecule has 0 fully saturated rings. The molecule has 1 unspecified atom stereocenters. The fraction of sp³-hybridized carbons (Fsp3) is 0.692. The zero-order chi connectivity index (χ0) is 13.5. The molecule has 0 aliphatic rings. The number of rotatable bonds is 7. The van der Waals surface area contributed by atoms with E-state index in [-0.39, 0.29) is 12.0 Å². The molecule has 0 aromatic carbocycles. The molecule has 18 heavy (non-hydrogen) atoms. The van der Waals surface area contributed by atoms with Crippen LogP contribution in [0.5, 0.6) is 0 Å². The first-order chi connectivity index (χ1) is 8.65. The predicted octanol–water partition coefficient (Wildman–Crippen LogP) is 1.16. The molecule has 5 nitrogen and oxygen atoms in total. The van der Waals surface area contributed by atoms with E-state index in [1.54, 1.807) is 7.05 Å². The highest BCUT2D eigenvalue weighted by Gasteiger charge is 2.17. The number of nitrogens with one attached hydrogen (secondary N) is 1. The van der Waals surface area contributed by atoms with Crippen molar-refractivity contribution in [2.75, 3.05) is 14.2 Å². The third-order valence-electron chi connectivity index (χ3n) is 3.10. The SMILES string of the molecule is CCc1cc(CC)n(CCC(NC)C(=O)OC)n1. The summed E-state index contributed by atoms with van der Waals surface area (Å²) in [5.74, 6) is -0.224. The Kier molecular flexibility index (Phi) is 5.85. The molecule has 102 valence electrons. The van der Waals surface area contributed by atoms with E-state index in [0.717, 1.165) is 25.1 Å².